The maximum Gasteiger partial charge on any atom is 0.160 e. The first kappa shape index (κ1) is 35.0. The van der Waals surface area contributed by atoms with Crippen LogP contribution in [0.15, 0.2) is 188 Å². The van der Waals surface area contributed by atoms with Crippen LogP contribution in [-0.2, 0) is 5.41 Å². The van der Waals surface area contributed by atoms with E-state index < -0.39 is 0 Å². The smallest absolute Gasteiger partial charge is 0.160 e. The van der Waals surface area contributed by atoms with Crippen molar-refractivity contribution < 1.29 is 0 Å². The van der Waals surface area contributed by atoms with E-state index in [4.69, 9.17) is 9.97 Å². The van der Waals surface area contributed by atoms with Gasteiger partial charge in [0.25, 0.3) is 0 Å². The fourth-order valence-electron chi connectivity index (χ4n) is 8.51. The number of nitrogens with zero attached hydrogens (tertiary/aromatic N) is 2. The molecule has 0 bridgehead atoms. The summed E-state index contributed by atoms with van der Waals surface area (Å²) in [7, 11) is 0. The third kappa shape index (κ3) is 6.16. The topological polar surface area (TPSA) is 61.7 Å². The molecule has 58 heavy (non-hydrogen) atoms. The Morgan fingerprint density at radius 3 is 1.74 bits per heavy atom. The molecule has 0 spiro atoms. The van der Waals surface area contributed by atoms with Crippen molar-refractivity contribution in [2.45, 2.75) is 19.3 Å². The average Bonchev–Trinajstić information content (AvgIpc) is 3.52. The van der Waals surface area contributed by atoms with Crippen molar-refractivity contribution in [1.29, 1.82) is 5.41 Å². The van der Waals surface area contributed by atoms with Crippen molar-refractivity contribution in [2.24, 2.45) is 0 Å². The third-order valence-corrected chi connectivity index (χ3v) is 11.5. The van der Waals surface area contributed by atoms with Crippen LogP contribution in [0.5, 0.6) is 0 Å². The van der Waals surface area contributed by atoms with Crippen molar-refractivity contribution in [2.75, 3.05) is 0 Å². The Kier molecular flexibility index (Phi) is 8.61. The summed E-state index contributed by atoms with van der Waals surface area (Å²) in [6.45, 7) is 4.60. The zero-order valence-electron chi connectivity index (χ0n) is 32.4. The second-order valence-electron chi connectivity index (χ2n) is 15.5. The molecule has 0 fully saturated rings. The molecule has 0 unspecified atom stereocenters. The highest BCUT2D eigenvalue weighted by Crippen LogP contribution is 2.49. The first-order chi connectivity index (χ1) is 28.4. The monoisotopic (exact) mass is 744 g/mol. The molecule has 0 saturated heterocycles. The summed E-state index contributed by atoms with van der Waals surface area (Å²) in [5, 5.41) is 13.6. The molecule has 0 amide bonds. The second-order valence-corrected chi connectivity index (χ2v) is 15.5. The summed E-state index contributed by atoms with van der Waals surface area (Å²) in [5.74, 6) is 0.683. The van der Waals surface area contributed by atoms with Gasteiger partial charge in [0.05, 0.1) is 22.8 Å². The molecular formula is C54H40N4. The molecule has 1 aliphatic heterocycles. The van der Waals surface area contributed by atoms with Gasteiger partial charge in [0, 0.05) is 44.5 Å². The van der Waals surface area contributed by atoms with Gasteiger partial charge in [-0.3, -0.25) is 5.41 Å². The molecule has 1 aliphatic carbocycles. The first-order valence-corrected chi connectivity index (χ1v) is 19.7. The standard InChI is InChI=1S/C54H40N4/c1-54(2)45-25-15-14-24-43(45)44-31-30-41(32-46(44)54)53-57-48(36-18-8-4-9-19-36)34-49(58-53)37-26-28-39(29-27-37)51(55)50(38-20-10-5-11-21-38)52-42-23-13-12-22-40(42)33-47(56-52)35-16-6-3-7-17-35/h3-34,55-56H,1-2H3/b52-50-,55-51?. The van der Waals surface area contributed by atoms with E-state index in [1.54, 1.807) is 0 Å². The van der Waals surface area contributed by atoms with Crippen LogP contribution in [0.4, 0.5) is 0 Å². The van der Waals surface area contributed by atoms with Gasteiger partial charge >= 0.3 is 0 Å². The molecule has 0 atom stereocenters. The molecule has 10 rings (SSSR count). The van der Waals surface area contributed by atoms with E-state index in [1.807, 2.05) is 54.6 Å². The summed E-state index contributed by atoms with van der Waals surface area (Å²) >= 11 is 0. The lowest BCUT2D eigenvalue weighted by atomic mass is 9.82. The van der Waals surface area contributed by atoms with Crippen LogP contribution in [-0.4, -0.2) is 15.7 Å². The first-order valence-electron chi connectivity index (χ1n) is 19.7. The summed E-state index contributed by atoms with van der Waals surface area (Å²) in [4.78, 5) is 10.4. The Bertz CT molecular complexity index is 2920. The molecule has 0 saturated carbocycles. The van der Waals surface area contributed by atoms with Crippen molar-refractivity contribution in [3.05, 3.63) is 227 Å². The zero-order valence-corrected chi connectivity index (χ0v) is 32.4. The summed E-state index contributed by atoms with van der Waals surface area (Å²) in [6, 6.07) is 65.0. The van der Waals surface area contributed by atoms with Crippen LogP contribution in [0, 0.1) is 5.41 Å². The number of hydrogen-bond acceptors (Lipinski definition) is 4. The van der Waals surface area contributed by atoms with E-state index >= 15 is 0 Å². The zero-order chi connectivity index (χ0) is 39.2. The molecule has 2 heterocycles. The average molecular weight is 745 g/mol. The van der Waals surface area contributed by atoms with Crippen molar-refractivity contribution in [3.63, 3.8) is 0 Å². The lowest BCUT2D eigenvalue weighted by molar-refractivity contribution is 0.660. The van der Waals surface area contributed by atoms with E-state index in [0.717, 1.165) is 72.9 Å². The maximum absolute atomic E-state index is 9.84. The summed E-state index contributed by atoms with van der Waals surface area (Å²) in [5.41, 5.74) is 17.9. The largest absolute Gasteiger partial charge is 0.354 e. The molecule has 2 N–H and O–H groups in total. The highest BCUT2D eigenvalue weighted by Gasteiger charge is 2.35. The summed E-state index contributed by atoms with van der Waals surface area (Å²) < 4.78 is 0. The molecule has 4 heteroatoms. The Labute approximate surface area is 339 Å². The van der Waals surface area contributed by atoms with Gasteiger partial charge in [0.2, 0.25) is 0 Å². The van der Waals surface area contributed by atoms with Gasteiger partial charge in [-0.25, -0.2) is 9.97 Å². The van der Waals surface area contributed by atoms with Gasteiger partial charge in [-0.15, -0.1) is 0 Å². The van der Waals surface area contributed by atoms with Crippen LogP contribution >= 0.6 is 0 Å². The molecular weight excluding hydrogens is 705 g/mol. The van der Waals surface area contributed by atoms with Gasteiger partial charge in [0.15, 0.2) is 5.82 Å². The van der Waals surface area contributed by atoms with E-state index in [1.165, 1.54) is 22.3 Å². The molecule has 7 aromatic carbocycles. The van der Waals surface area contributed by atoms with Gasteiger partial charge < -0.3 is 5.32 Å². The van der Waals surface area contributed by atoms with Crippen molar-refractivity contribution in [3.8, 4) is 45.0 Å². The number of allylic oxidation sites excluding steroid dienone is 1. The predicted octanol–water partition coefficient (Wildman–Crippen LogP) is 12.8. The van der Waals surface area contributed by atoms with E-state index in [2.05, 4.69) is 159 Å². The molecule has 0 radical (unpaired) electrons. The molecule has 2 aliphatic rings. The minimum absolute atomic E-state index is 0.134. The summed E-state index contributed by atoms with van der Waals surface area (Å²) in [6.07, 6.45) is 2.19. The van der Waals surface area contributed by atoms with E-state index in [0.29, 0.717) is 11.5 Å². The lowest BCUT2D eigenvalue weighted by Crippen LogP contribution is -2.20. The number of benzene rings is 7. The number of fused-ring (bicyclic) bond motifs is 4. The number of rotatable bonds is 7. The minimum atomic E-state index is -0.134. The second kappa shape index (κ2) is 14.3. The minimum Gasteiger partial charge on any atom is -0.354 e. The Balaban J connectivity index is 1.06. The van der Waals surface area contributed by atoms with E-state index in [-0.39, 0.29) is 5.41 Å². The van der Waals surface area contributed by atoms with Crippen LogP contribution in [0.25, 0.3) is 68.1 Å². The normalized spacial score (nSPS) is 14.3. The van der Waals surface area contributed by atoms with Gasteiger partial charge in [0.1, 0.15) is 0 Å². The van der Waals surface area contributed by atoms with Gasteiger partial charge in [-0.2, -0.15) is 0 Å². The van der Waals surface area contributed by atoms with Crippen molar-refractivity contribution >= 4 is 28.8 Å². The fourth-order valence-corrected chi connectivity index (χ4v) is 8.51. The number of nitrogens with one attached hydrogen (secondary N) is 2. The maximum atomic E-state index is 9.84. The lowest BCUT2D eigenvalue weighted by Gasteiger charge is -2.26. The molecule has 276 valence electrons. The third-order valence-electron chi connectivity index (χ3n) is 11.5. The van der Waals surface area contributed by atoms with Crippen LogP contribution in [0.2, 0.25) is 0 Å². The molecule has 8 aromatic rings. The quantitative estimate of drug-likeness (QED) is 0.160. The molecule has 1 aromatic heterocycles. The Hall–Kier alpha value is -7.43. The van der Waals surface area contributed by atoms with Gasteiger partial charge in [-0.1, -0.05) is 190 Å². The van der Waals surface area contributed by atoms with Crippen LogP contribution in [0.3, 0.4) is 0 Å². The predicted molar refractivity (Wildman–Crippen MR) is 240 cm³/mol. The fraction of sp³-hybridized carbons (Fsp3) is 0.0556. The number of aromatic nitrogens is 2. The van der Waals surface area contributed by atoms with Crippen molar-refractivity contribution in [1.82, 2.24) is 15.3 Å². The van der Waals surface area contributed by atoms with Gasteiger partial charge in [-0.05, 0) is 57.2 Å². The highest BCUT2D eigenvalue weighted by atomic mass is 14.9. The van der Waals surface area contributed by atoms with E-state index in [9.17, 15) is 5.41 Å². The Morgan fingerprint density at radius 1 is 0.483 bits per heavy atom. The van der Waals surface area contributed by atoms with Crippen LogP contribution < -0.4 is 5.32 Å². The van der Waals surface area contributed by atoms with Crippen LogP contribution in [0.1, 0.15) is 52.8 Å². The number of hydrogen-bond donors (Lipinski definition) is 2. The highest BCUT2D eigenvalue weighted by molar-refractivity contribution is 6.36. The Morgan fingerprint density at radius 2 is 1.03 bits per heavy atom. The SMILES string of the molecule is CC1(C)c2ccccc2-c2ccc(-c3nc(-c4ccccc4)cc(-c4ccc(C(=N)/C(=C5\NC(c6ccccc6)=Cc6ccccc65)c5ccccc5)cc4)n3)cc21. The molecule has 4 nitrogen and oxygen atoms in total.